The number of hydrogen-bond donors (Lipinski definition) is 0. The lowest BCUT2D eigenvalue weighted by atomic mass is 10.4. The molecule has 0 radical (unpaired) electrons. The Bertz CT molecular complexity index is 592. The highest BCUT2D eigenvalue weighted by Gasteiger charge is 2.04. The first-order valence-corrected chi connectivity index (χ1v) is 4.61. The predicted octanol–water partition coefficient (Wildman–Crippen LogP) is 0.542. The van der Waals surface area contributed by atoms with Crippen LogP contribution in [0.2, 0.25) is 0 Å². The molecule has 0 bridgehead atoms. The summed E-state index contributed by atoms with van der Waals surface area (Å²) in [6.45, 7) is -0.0824. The number of aryl methyl sites for hydroxylation is 1. The number of hydrogen-bond acceptors (Lipinski definition) is 5. The van der Waals surface area contributed by atoms with Crippen LogP contribution in [0.25, 0.3) is 11.2 Å². The van der Waals surface area contributed by atoms with Crippen LogP contribution in [0.15, 0.2) is 23.1 Å². The van der Waals surface area contributed by atoms with E-state index in [0.29, 0.717) is 17.5 Å². The third kappa shape index (κ3) is 2.47. The highest BCUT2D eigenvalue weighted by Crippen LogP contribution is 2.10. The molecule has 6 heteroatoms. The van der Waals surface area contributed by atoms with Crippen molar-refractivity contribution in [3.8, 4) is 5.88 Å². The number of aromatic nitrogens is 3. The maximum absolute atomic E-state index is 11.4. The smallest absolute Gasteiger partial charge is 0.252 e. The first kappa shape index (κ1) is 12.8. The second-order valence-electron chi connectivity index (χ2n) is 3.13. The Morgan fingerprint density at radius 1 is 1.47 bits per heavy atom. The van der Waals surface area contributed by atoms with E-state index in [9.17, 15) is 9.59 Å². The number of rotatable bonds is 3. The van der Waals surface area contributed by atoms with Crippen LogP contribution < -0.4 is 10.3 Å². The van der Waals surface area contributed by atoms with Crippen LogP contribution >= 0.6 is 0 Å². The minimum Gasteiger partial charge on any atom is -0.469 e. The molecule has 0 spiro atoms. The van der Waals surface area contributed by atoms with Crippen LogP contribution in [0.4, 0.5) is 0 Å². The van der Waals surface area contributed by atoms with Crippen molar-refractivity contribution in [2.24, 2.45) is 7.05 Å². The van der Waals surface area contributed by atoms with Crippen molar-refractivity contribution in [3.05, 3.63) is 28.7 Å². The molecule has 2 heterocycles. The lowest BCUT2D eigenvalue weighted by Crippen LogP contribution is -2.16. The fraction of sp³-hybridized carbons (Fsp3) is 0.273. The number of carbonyl (C=O) groups is 1. The quantitative estimate of drug-likeness (QED) is 0.726. The number of carbonyl (C=O) groups excluding carboxylic acids is 1. The number of aldehydes is 1. The zero-order valence-electron chi connectivity index (χ0n) is 8.58. The van der Waals surface area contributed by atoms with Crippen molar-refractivity contribution in [1.82, 2.24) is 14.5 Å². The molecule has 0 aromatic carbocycles. The molecule has 2 aromatic heterocycles. The van der Waals surface area contributed by atoms with Gasteiger partial charge in [-0.15, -0.1) is 0 Å². The Morgan fingerprint density at radius 2 is 2.24 bits per heavy atom. The van der Waals surface area contributed by atoms with Crippen LogP contribution in [-0.2, 0) is 11.8 Å². The molecule has 6 nitrogen and oxygen atoms in total. The third-order valence-electron chi connectivity index (χ3n) is 2.09. The molecular formula is C11H13N3O3. The van der Waals surface area contributed by atoms with Gasteiger partial charge in [-0.25, -0.2) is 4.98 Å². The summed E-state index contributed by atoms with van der Waals surface area (Å²) in [5.41, 5.74) is 0.853. The van der Waals surface area contributed by atoms with Crippen molar-refractivity contribution in [1.29, 1.82) is 0 Å². The Kier molecular flexibility index (Phi) is 3.92. The number of pyridine rings is 1. The van der Waals surface area contributed by atoms with Gasteiger partial charge in [-0.05, 0) is 6.07 Å². The van der Waals surface area contributed by atoms with E-state index in [1.54, 1.807) is 13.1 Å². The molecule has 0 aliphatic rings. The molecular weight excluding hydrogens is 222 g/mol. The highest BCUT2D eigenvalue weighted by molar-refractivity contribution is 5.70. The minimum absolute atomic E-state index is 0. The van der Waals surface area contributed by atoms with Crippen LogP contribution in [0.5, 0.6) is 5.88 Å². The van der Waals surface area contributed by atoms with Crippen LogP contribution in [0.1, 0.15) is 7.43 Å². The topological polar surface area (TPSA) is 74.1 Å². The van der Waals surface area contributed by atoms with Crippen molar-refractivity contribution in [2.45, 2.75) is 7.43 Å². The van der Waals surface area contributed by atoms with Gasteiger partial charge < -0.3 is 4.74 Å². The summed E-state index contributed by atoms with van der Waals surface area (Å²) < 4.78 is 6.37. The zero-order chi connectivity index (χ0) is 11.5. The monoisotopic (exact) mass is 235 g/mol. The van der Waals surface area contributed by atoms with Gasteiger partial charge in [0.05, 0.1) is 6.20 Å². The van der Waals surface area contributed by atoms with Crippen molar-refractivity contribution < 1.29 is 9.53 Å². The first-order valence-electron chi connectivity index (χ1n) is 4.61. The van der Waals surface area contributed by atoms with Gasteiger partial charge in [0.25, 0.3) is 5.56 Å². The fourth-order valence-corrected chi connectivity index (χ4v) is 1.29. The van der Waals surface area contributed by atoms with Gasteiger partial charge in [-0.2, -0.15) is 4.98 Å². The number of fused-ring (bicyclic) bond motifs is 1. The summed E-state index contributed by atoms with van der Waals surface area (Å²) in [7, 11) is 1.60. The molecule has 0 aliphatic carbocycles. The lowest BCUT2D eigenvalue weighted by molar-refractivity contribution is -0.109. The molecule has 0 saturated carbocycles. The Morgan fingerprint density at radius 3 is 2.94 bits per heavy atom. The summed E-state index contributed by atoms with van der Waals surface area (Å²) in [5, 5.41) is 0. The fourth-order valence-electron chi connectivity index (χ4n) is 1.29. The predicted molar refractivity (Wildman–Crippen MR) is 63.1 cm³/mol. The van der Waals surface area contributed by atoms with Gasteiger partial charge in [0.2, 0.25) is 5.88 Å². The maximum Gasteiger partial charge on any atom is 0.252 e. The molecule has 2 rings (SSSR count). The second-order valence-corrected chi connectivity index (χ2v) is 3.13. The van der Waals surface area contributed by atoms with Gasteiger partial charge in [0.15, 0.2) is 11.9 Å². The summed E-state index contributed by atoms with van der Waals surface area (Å²) in [4.78, 5) is 29.7. The number of nitrogens with zero attached hydrogens (tertiary/aromatic N) is 3. The van der Waals surface area contributed by atoms with Crippen LogP contribution in [0.3, 0.4) is 0 Å². The average Bonchev–Trinajstić information content (AvgIpc) is 2.31. The van der Waals surface area contributed by atoms with Gasteiger partial charge in [-0.3, -0.25) is 14.2 Å². The summed E-state index contributed by atoms with van der Waals surface area (Å²) >= 11 is 0. The molecule has 90 valence electrons. The van der Waals surface area contributed by atoms with E-state index in [2.05, 4.69) is 9.97 Å². The molecule has 0 amide bonds. The largest absolute Gasteiger partial charge is 0.469 e. The van der Waals surface area contributed by atoms with E-state index in [1.165, 1.54) is 16.8 Å². The highest BCUT2D eigenvalue weighted by atomic mass is 16.5. The minimum atomic E-state index is -0.172. The number of ether oxygens (including phenoxy) is 1. The molecule has 0 atom stereocenters. The summed E-state index contributed by atoms with van der Waals surface area (Å²) in [5.74, 6) is 0.223. The average molecular weight is 235 g/mol. The van der Waals surface area contributed by atoms with E-state index in [4.69, 9.17) is 4.74 Å². The van der Waals surface area contributed by atoms with Crippen LogP contribution in [0, 0.1) is 0 Å². The maximum atomic E-state index is 11.4. The van der Waals surface area contributed by atoms with Crippen molar-refractivity contribution in [2.75, 3.05) is 6.61 Å². The SMILES string of the molecule is C.Cn1c(=O)ccc2ncc(OCC=O)nc21. The Hall–Kier alpha value is -2.24. The molecule has 0 N–H and O–H groups in total. The molecule has 0 saturated heterocycles. The summed E-state index contributed by atoms with van der Waals surface area (Å²) in [6, 6.07) is 3.01. The molecule has 2 aromatic rings. The third-order valence-corrected chi connectivity index (χ3v) is 2.09. The molecule has 0 aliphatic heterocycles. The lowest BCUT2D eigenvalue weighted by Gasteiger charge is -2.04. The van der Waals surface area contributed by atoms with E-state index in [0.717, 1.165) is 0 Å². The second kappa shape index (κ2) is 5.20. The molecule has 17 heavy (non-hydrogen) atoms. The van der Waals surface area contributed by atoms with Crippen LogP contribution in [-0.4, -0.2) is 27.4 Å². The zero-order valence-corrected chi connectivity index (χ0v) is 8.58. The van der Waals surface area contributed by atoms with E-state index >= 15 is 0 Å². The van der Waals surface area contributed by atoms with Gasteiger partial charge >= 0.3 is 0 Å². The van der Waals surface area contributed by atoms with E-state index < -0.39 is 0 Å². The van der Waals surface area contributed by atoms with E-state index in [1.807, 2.05) is 0 Å². The normalized spacial score (nSPS) is 9.71. The standard InChI is InChI=1S/C10H9N3O3.CH4/c1-13-9(15)3-2-7-10(13)12-8(6-11-7)16-5-4-14;/h2-4,6H,5H2,1H3;1H4. The van der Waals surface area contributed by atoms with Gasteiger partial charge in [0.1, 0.15) is 12.1 Å². The Balaban J connectivity index is 0.00000144. The Labute approximate surface area is 97.9 Å². The summed E-state index contributed by atoms with van der Waals surface area (Å²) in [6.07, 6.45) is 2.03. The van der Waals surface area contributed by atoms with Crippen molar-refractivity contribution in [3.63, 3.8) is 0 Å². The first-order chi connectivity index (χ1) is 7.72. The van der Waals surface area contributed by atoms with Gasteiger partial charge in [0, 0.05) is 13.1 Å². The van der Waals surface area contributed by atoms with E-state index in [-0.39, 0.29) is 25.5 Å². The van der Waals surface area contributed by atoms with Crippen molar-refractivity contribution >= 4 is 17.5 Å². The molecule has 0 fully saturated rings. The molecule has 0 unspecified atom stereocenters. The van der Waals surface area contributed by atoms with Gasteiger partial charge in [-0.1, -0.05) is 7.43 Å².